The van der Waals surface area contributed by atoms with E-state index in [0.717, 1.165) is 5.56 Å². The van der Waals surface area contributed by atoms with Crippen molar-refractivity contribution in [2.24, 2.45) is 0 Å². The molecule has 1 amide bonds. The maximum absolute atomic E-state index is 11.9. The zero-order valence-electron chi connectivity index (χ0n) is 11.8. The summed E-state index contributed by atoms with van der Waals surface area (Å²) in [6, 6.07) is 11.6. The molecule has 0 saturated carbocycles. The number of carbonyl (C=O) groups is 1. The second-order valence-corrected chi connectivity index (χ2v) is 4.98. The Balaban J connectivity index is 1.83. The number of nitrogens with one attached hydrogen (secondary N) is 3. The van der Waals surface area contributed by atoms with Crippen LogP contribution < -0.4 is 16.2 Å². The van der Waals surface area contributed by atoms with Crippen molar-refractivity contribution in [1.82, 2.24) is 16.2 Å². The average Bonchev–Trinajstić information content (AvgIpc) is 2.92. The third kappa shape index (κ3) is 4.06. The highest BCUT2D eigenvalue weighted by Crippen LogP contribution is 2.10. The number of thiocarbonyl (C=S) groups is 1. The third-order valence-corrected chi connectivity index (χ3v) is 3.26. The minimum atomic E-state index is -0.294. The van der Waals surface area contributed by atoms with Crippen molar-refractivity contribution in [1.29, 1.82) is 0 Å². The molecule has 21 heavy (non-hydrogen) atoms. The van der Waals surface area contributed by atoms with E-state index in [0.29, 0.717) is 16.4 Å². The fraction of sp³-hybridized carbons (Fsp3) is 0.200. The van der Waals surface area contributed by atoms with Crippen LogP contribution in [0.15, 0.2) is 47.1 Å². The van der Waals surface area contributed by atoms with Crippen LogP contribution in [0.3, 0.4) is 0 Å². The molecule has 3 N–H and O–H groups in total. The molecule has 2 aromatic rings. The molecular formula is C15H17N3O2S. The molecule has 6 heteroatoms. The molecule has 2 rings (SSSR count). The van der Waals surface area contributed by atoms with E-state index in [1.54, 1.807) is 13.0 Å². The van der Waals surface area contributed by atoms with E-state index in [-0.39, 0.29) is 11.9 Å². The number of hydrazine groups is 1. The van der Waals surface area contributed by atoms with Crippen LogP contribution in [0.2, 0.25) is 0 Å². The number of aryl methyl sites for hydroxylation is 1. The first-order chi connectivity index (χ1) is 10.1. The van der Waals surface area contributed by atoms with E-state index in [9.17, 15) is 4.79 Å². The van der Waals surface area contributed by atoms with Crippen LogP contribution in [0, 0.1) is 6.92 Å². The molecule has 110 valence electrons. The Morgan fingerprint density at radius 3 is 2.52 bits per heavy atom. The first kappa shape index (κ1) is 15.1. The summed E-state index contributed by atoms with van der Waals surface area (Å²) >= 11 is 5.15. The second-order valence-electron chi connectivity index (χ2n) is 4.58. The van der Waals surface area contributed by atoms with Gasteiger partial charge < -0.3 is 9.73 Å². The van der Waals surface area contributed by atoms with Gasteiger partial charge in [0, 0.05) is 0 Å². The van der Waals surface area contributed by atoms with Gasteiger partial charge in [-0.1, -0.05) is 30.3 Å². The summed E-state index contributed by atoms with van der Waals surface area (Å²) in [6.07, 6.45) is 1.47. The second kappa shape index (κ2) is 6.90. The molecule has 1 aromatic carbocycles. The van der Waals surface area contributed by atoms with Crippen LogP contribution in [-0.2, 0) is 0 Å². The molecule has 0 fully saturated rings. The minimum Gasteiger partial charge on any atom is -0.469 e. The third-order valence-electron chi connectivity index (χ3n) is 3.04. The van der Waals surface area contributed by atoms with Gasteiger partial charge in [-0.25, -0.2) is 0 Å². The average molecular weight is 303 g/mol. The van der Waals surface area contributed by atoms with Crippen LogP contribution in [0.4, 0.5) is 0 Å². The zero-order valence-corrected chi connectivity index (χ0v) is 12.7. The fourth-order valence-electron chi connectivity index (χ4n) is 1.86. The molecule has 0 saturated heterocycles. The Labute approximate surface area is 128 Å². The summed E-state index contributed by atoms with van der Waals surface area (Å²) in [6.45, 7) is 3.72. The van der Waals surface area contributed by atoms with Gasteiger partial charge in [0.2, 0.25) is 0 Å². The van der Waals surface area contributed by atoms with Crippen LogP contribution in [-0.4, -0.2) is 11.0 Å². The number of amides is 1. The van der Waals surface area contributed by atoms with Gasteiger partial charge in [0.05, 0.1) is 17.9 Å². The lowest BCUT2D eigenvalue weighted by atomic mass is 10.1. The lowest BCUT2D eigenvalue weighted by molar-refractivity contribution is 0.0942. The van der Waals surface area contributed by atoms with Crippen LogP contribution in [0.1, 0.15) is 34.6 Å². The predicted molar refractivity (Wildman–Crippen MR) is 84.6 cm³/mol. The maximum Gasteiger partial charge on any atom is 0.273 e. The number of benzene rings is 1. The van der Waals surface area contributed by atoms with Gasteiger partial charge in [0.25, 0.3) is 5.91 Å². The summed E-state index contributed by atoms with van der Waals surface area (Å²) in [4.78, 5) is 11.9. The molecule has 5 nitrogen and oxygen atoms in total. The van der Waals surface area contributed by atoms with Crippen molar-refractivity contribution < 1.29 is 9.21 Å². The number of hydrogen-bond acceptors (Lipinski definition) is 3. The molecule has 0 radical (unpaired) electrons. The summed E-state index contributed by atoms with van der Waals surface area (Å²) in [5, 5.41) is 3.44. The van der Waals surface area contributed by atoms with Gasteiger partial charge >= 0.3 is 0 Å². The monoisotopic (exact) mass is 303 g/mol. The van der Waals surface area contributed by atoms with E-state index in [4.69, 9.17) is 16.6 Å². The van der Waals surface area contributed by atoms with E-state index >= 15 is 0 Å². The molecule has 0 aliphatic rings. The number of carbonyl (C=O) groups excluding carboxylic acids is 1. The predicted octanol–water partition coefficient (Wildman–Crippen LogP) is 2.46. The van der Waals surface area contributed by atoms with Gasteiger partial charge in [-0.15, -0.1) is 0 Å². The van der Waals surface area contributed by atoms with Gasteiger partial charge in [-0.3, -0.25) is 15.6 Å². The van der Waals surface area contributed by atoms with Gasteiger partial charge in [0.15, 0.2) is 5.11 Å². The summed E-state index contributed by atoms with van der Waals surface area (Å²) < 4.78 is 5.08. The summed E-state index contributed by atoms with van der Waals surface area (Å²) in [5.74, 6) is 0.267. The van der Waals surface area contributed by atoms with Crippen molar-refractivity contribution in [2.75, 3.05) is 0 Å². The molecule has 0 aliphatic heterocycles. The van der Waals surface area contributed by atoms with Gasteiger partial charge in [-0.05, 0) is 37.7 Å². The first-order valence-electron chi connectivity index (χ1n) is 6.54. The van der Waals surface area contributed by atoms with Gasteiger partial charge in [0.1, 0.15) is 5.76 Å². The van der Waals surface area contributed by atoms with Crippen LogP contribution in [0.25, 0.3) is 0 Å². The van der Waals surface area contributed by atoms with Crippen molar-refractivity contribution in [3.05, 3.63) is 59.5 Å². The molecule has 0 spiro atoms. The Morgan fingerprint density at radius 1 is 1.19 bits per heavy atom. The quantitative estimate of drug-likeness (QED) is 0.600. The molecular weight excluding hydrogens is 286 g/mol. The Morgan fingerprint density at radius 2 is 1.90 bits per heavy atom. The molecule has 1 aromatic heterocycles. The van der Waals surface area contributed by atoms with E-state index in [2.05, 4.69) is 16.2 Å². The standard InChI is InChI=1S/C15H17N3O2S/c1-10(12-6-4-3-5-7-12)16-15(21)18-17-14(19)13-8-9-20-11(13)2/h3-10H,1-2H3,(H,17,19)(H2,16,18,21)/t10-/m1/s1. The summed E-state index contributed by atoms with van der Waals surface area (Å²) in [5.41, 5.74) is 6.79. The highest BCUT2D eigenvalue weighted by Gasteiger charge is 2.12. The molecule has 0 bridgehead atoms. The molecule has 0 aliphatic carbocycles. The Bertz CT molecular complexity index is 625. The minimum absolute atomic E-state index is 0.0405. The smallest absolute Gasteiger partial charge is 0.273 e. The van der Waals surface area contributed by atoms with Gasteiger partial charge in [-0.2, -0.15) is 0 Å². The highest BCUT2D eigenvalue weighted by atomic mass is 32.1. The van der Waals surface area contributed by atoms with Crippen LogP contribution in [0.5, 0.6) is 0 Å². The summed E-state index contributed by atoms with van der Waals surface area (Å²) in [7, 11) is 0. The van der Waals surface area contributed by atoms with Crippen molar-refractivity contribution in [2.45, 2.75) is 19.9 Å². The normalized spacial score (nSPS) is 11.5. The topological polar surface area (TPSA) is 66.3 Å². The van der Waals surface area contributed by atoms with E-state index < -0.39 is 0 Å². The van der Waals surface area contributed by atoms with E-state index in [1.165, 1.54) is 6.26 Å². The Kier molecular flexibility index (Phi) is 4.94. The largest absolute Gasteiger partial charge is 0.469 e. The maximum atomic E-state index is 11.9. The van der Waals surface area contributed by atoms with Crippen molar-refractivity contribution in [3.8, 4) is 0 Å². The molecule has 1 heterocycles. The van der Waals surface area contributed by atoms with Crippen LogP contribution >= 0.6 is 12.2 Å². The number of furan rings is 1. The van der Waals surface area contributed by atoms with Crippen molar-refractivity contribution in [3.63, 3.8) is 0 Å². The molecule has 0 unspecified atom stereocenters. The number of rotatable bonds is 3. The van der Waals surface area contributed by atoms with E-state index in [1.807, 2.05) is 37.3 Å². The number of hydrogen-bond donors (Lipinski definition) is 3. The fourth-order valence-corrected chi connectivity index (χ4v) is 2.09. The van der Waals surface area contributed by atoms with Crippen molar-refractivity contribution >= 4 is 23.2 Å². The molecule has 1 atom stereocenters. The Hall–Kier alpha value is -2.34. The SMILES string of the molecule is Cc1occc1C(=O)NNC(=S)N[C@H](C)c1ccccc1. The highest BCUT2D eigenvalue weighted by molar-refractivity contribution is 7.80. The lowest BCUT2D eigenvalue weighted by Crippen LogP contribution is -2.47. The first-order valence-corrected chi connectivity index (χ1v) is 6.94. The lowest BCUT2D eigenvalue weighted by Gasteiger charge is -2.17. The zero-order chi connectivity index (χ0) is 15.2.